The number of hydrogen-bond acceptors (Lipinski definition) is 8. The van der Waals surface area contributed by atoms with E-state index in [1.54, 1.807) is 27.7 Å². The van der Waals surface area contributed by atoms with Gasteiger partial charge < -0.3 is 14.4 Å². The number of piperidine rings is 1. The molecule has 23 heavy (non-hydrogen) atoms. The SMILES string of the molecule is CC1(C)CC(OCC(CO[N+](=O)[O-])O[N+](=O)[O-])CC(C)(C)N1[O]. The van der Waals surface area contributed by atoms with E-state index in [0.29, 0.717) is 12.8 Å². The van der Waals surface area contributed by atoms with E-state index in [-0.39, 0.29) is 12.7 Å². The highest BCUT2D eigenvalue weighted by molar-refractivity contribution is 4.96. The lowest BCUT2D eigenvalue weighted by atomic mass is 9.80. The standard InChI is InChI=1S/C12H22N3O8/c1-11(2)5-9(6-12(3,4)13(11)16)21-7-10(23-15(19)20)8-22-14(17)18/h9-10H,5-8H2,1-4H3. The van der Waals surface area contributed by atoms with E-state index < -0.39 is 34.0 Å². The Hall–Kier alpha value is -1.72. The summed E-state index contributed by atoms with van der Waals surface area (Å²) in [6.07, 6.45) is -0.673. The van der Waals surface area contributed by atoms with Gasteiger partial charge in [0.1, 0.15) is 6.61 Å². The van der Waals surface area contributed by atoms with Crippen molar-refractivity contribution in [2.45, 2.75) is 63.8 Å². The first kappa shape index (κ1) is 19.3. The first-order chi connectivity index (χ1) is 10.4. The van der Waals surface area contributed by atoms with Crippen LogP contribution in [0.4, 0.5) is 0 Å². The van der Waals surface area contributed by atoms with Crippen LogP contribution in [0.1, 0.15) is 40.5 Å². The molecule has 11 nitrogen and oxygen atoms in total. The molecule has 1 rings (SSSR count). The summed E-state index contributed by atoms with van der Waals surface area (Å²) in [4.78, 5) is 29.0. The second-order valence-corrected chi connectivity index (χ2v) is 6.75. The summed E-state index contributed by atoms with van der Waals surface area (Å²) in [5.74, 6) is 0. The lowest BCUT2D eigenvalue weighted by Gasteiger charge is -2.49. The molecule has 0 N–H and O–H groups in total. The molecule has 133 valence electrons. The molecule has 0 aromatic heterocycles. The Bertz CT molecular complexity index is 424. The van der Waals surface area contributed by atoms with E-state index in [1.165, 1.54) is 0 Å². The lowest BCUT2D eigenvalue weighted by molar-refractivity contribution is -0.790. The molecule has 0 aromatic rings. The molecular weight excluding hydrogens is 314 g/mol. The van der Waals surface area contributed by atoms with E-state index in [2.05, 4.69) is 9.68 Å². The van der Waals surface area contributed by atoms with Crippen molar-refractivity contribution in [3.63, 3.8) is 0 Å². The fourth-order valence-electron chi connectivity index (χ4n) is 2.91. The lowest BCUT2D eigenvalue weighted by Crippen LogP contribution is -2.60. The normalized spacial score (nSPS) is 22.3. The molecule has 1 unspecified atom stereocenters. The van der Waals surface area contributed by atoms with Crippen molar-refractivity contribution in [3.8, 4) is 0 Å². The summed E-state index contributed by atoms with van der Waals surface area (Å²) < 4.78 is 5.60. The molecule has 1 radical (unpaired) electrons. The average molecular weight is 336 g/mol. The molecule has 0 spiro atoms. The van der Waals surface area contributed by atoms with Crippen LogP contribution in [-0.2, 0) is 19.6 Å². The number of hydroxylamine groups is 2. The van der Waals surface area contributed by atoms with Gasteiger partial charge in [-0.2, -0.15) is 0 Å². The number of ether oxygens (including phenoxy) is 1. The Kier molecular flexibility index (Phi) is 6.08. The van der Waals surface area contributed by atoms with Crippen LogP contribution in [0.5, 0.6) is 0 Å². The molecule has 11 heteroatoms. The third kappa shape index (κ3) is 5.77. The van der Waals surface area contributed by atoms with Crippen LogP contribution in [0.2, 0.25) is 0 Å². The second kappa shape index (κ2) is 7.23. The van der Waals surface area contributed by atoms with Crippen LogP contribution in [-0.4, -0.2) is 51.7 Å². The largest absolute Gasteiger partial charge is 0.376 e. The summed E-state index contributed by atoms with van der Waals surface area (Å²) in [5, 5.41) is 31.7. The Labute approximate surface area is 133 Å². The van der Waals surface area contributed by atoms with Crippen LogP contribution in [0.25, 0.3) is 0 Å². The quantitative estimate of drug-likeness (QED) is 0.475. The Morgan fingerprint density at radius 1 is 1.09 bits per heavy atom. The molecule has 1 aliphatic heterocycles. The Balaban J connectivity index is 2.62. The molecule has 0 aromatic carbocycles. The fraction of sp³-hybridized carbons (Fsp3) is 1.00. The third-order valence-electron chi connectivity index (χ3n) is 3.67. The molecule has 0 amide bonds. The highest BCUT2D eigenvalue weighted by Gasteiger charge is 2.46. The molecule has 1 heterocycles. The first-order valence-corrected chi connectivity index (χ1v) is 7.11. The summed E-state index contributed by atoms with van der Waals surface area (Å²) >= 11 is 0. The van der Waals surface area contributed by atoms with Gasteiger partial charge in [-0.15, -0.1) is 30.5 Å². The summed E-state index contributed by atoms with van der Waals surface area (Å²) in [5.41, 5.74) is -1.30. The monoisotopic (exact) mass is 336 g/mol. The van der Waals surface area contributed by atoms with E-state index >= 15 is 0 Å². The van der Waals surface area contributed by atoms with E-state index in [9.17, 15) is 25.4 Å². The van der Waals surface area contributed by atoms with Crippen molar-refractivity contribution in [3.05, 3.63) is 20.2 Å². The minimum atomic E-state index is -1.22. The van der Waals surface area contributed by atoms with Crippen LogP contribution in [0.3, 0.4) is 0 Å². The number of hydrogen-bond donors (Lipinski definition) is 0. The molecule has 1 saturated heterocycles. The highest BCUT2D eigenvalue weighted by atomic mass is 17.0. The van der Waals surface area contributed by atoms with Gasteiger partial charge in [0, 0.05) is 11.1 Å². The fourth-order valence-corrected chi connectivity index (χ4v) is 2.91. The van der Waals surface area contributed by atoms with Gasteiger partial charge in [0.2, 0.25) is 0 Å². The van der Waals surface area contributed by atoms with E-state index in [0.717, 1.165) is 5.06 Å². The van der Waals surface area contributed by atoms with Gasteiger partial charge in [-0.1, -0.05) is 0 Å². The number of nitrogens with zero attached hydrogens (tertiary/aromatic N) is 3. The van der Waals surface area contributed by atoms with Crippen molar-refractivity contribution >= 4 is 0 Å². The molecule has 1 fully saturated rings. The van der Waals surface area contributed by atoms with Crippen LogP contribution >= 0.6 is 0 Å². The van der Waals surface area contributed by atoms with Crippen LogP contribution in [0, 0.1) is 20.2 Å². The molecular formula is C12H22N3O8. The zero-order valence-corrected chi connectivity index (χ0v) is 13.6. The maximum atomic E-state index is 12.2. The van der Waals surface area contributed by atoms with Gasteiger partial charge in [0.05, 0.1) is 12.7 Å². The highest BCUT2D eigenvalue weighted by Crippen LogP contribution is 2.38. The maximum Gasteiger partial charge on any atom is 0.294 e. The number of rotatable bonds is 8. The van der Waals surface area contributed by atoms with Crippen molar-refractivity contribution in [1.29, 1.82) is 0 Å². The zero-order chi connectivity index (χ0) is 17.8. The third-order valence-corrected chi connectivity index (χ3v) is 3.67. The minimum absolute atomic E-state index is 0.246. The predicted octanol–water partition coefficient (Wildman–Crippen LogP) is 1.16. The molecule has 0 aliphatic carbocycles. The Morgan fingerprint density at radius 2 is 1.61 bits per heavy atom. The first-order valence-electron chi connectivity index (χ1n) is 7.11. The Morgan fingerprint density at radius 3 is 2.04 bits per heavy atom. The molecule has 1 atom stereocenters. The molecule has 0 saturated carbocycles. The van der Waals surface area contributed by atoms with Gasteiger partial charge in [0.25, 0.3) is 10.2 Å². The van der Waals surface area contributed by atoms with Crippen molar-refractivity contribution in [2.75, 3.05) is 13.2 Å². The van der Waals surface area contributed by atoms with Gasteiger partial charge in [-0.05, 0) is 40.5 Å². The van der Waals surface area contributed by atoms with Crippen molar-refractivity contribution in [2.24, 2.45) is 0 Å². The van der Waals surface area contributed by atoms with Crippen molar-refractivity contribution < 1.29 is 29.8 Å². The average Bonchev–Trinajstić information content (AvgIpc) is 2.38. The predicted molar refractivity (Wildman–Crippen MR) is 74.5 cm³/mol. The van der Waals surface area contributed by atoms with Gasteiger partial charge in [-0.25, -0.2) is 0 Å². The summed E-state index contributed by atoms with van der Waals surface area (Å²) in [7, 11) is 0. The second-order valence-electron chi connectivity index (χ2n) is 6.75. The maximum absolute atomic E-state index is 12.2. The van der Waals surface area contributed by atoms with Crippen LogP contribution in [0.15, 0.2) is 0 Å². The smallest absolute Gasteiger partial charge is 0.294 e. The molecule has 1 aliphatic rings. The van der Waals surface area contributed by atoms with Crippen molar-refractivity contribution in [1.82, 2.24) is 5.06 Å². The summed E-state index contributed by atoms with van der Waals surface area (Å²) in [6, 6.07) is 0. The molecule has 0 bridgehead atoms. The van der Waals surface area contributed by atoms with Gasteiger partial charge in [-0.3, -0.25) is 0 Å². The summed E-state index contributed by atoms with van der Waals surface area (Å²) in [6.45, 7) is 6.30. The van der Waals surface area contributed by atoms with Gasteiger partial charge >= 0.3 is 0 Å². The van der Waals surface area contributed by atoms with Crippen LogP contribution < -0.4 is 0 Å². The van der Waals surface area contributed by atoms with E-state index in [1.807, 2.05) is 0 Å². The van der Waals surface area contributed by atoms with E-state index in [4.69, 9.17) is 4.74 Å². The zero-order valence-electron chi connectivity index (χ0n) is 13.6. The topological polar surface area (TPSA) is 137 Å². The van der Waals surface area contributed by atoms with Gasteiger partial charge in [0.15, 0.2) is 6.10 Å². The minimum Gasteiger partial charge on any atom is -0.376 e.